The first-order valence-corrected chi connectivity index (χ1v) is 7.76. The van der Waals surface area contributed by atoms with Crippen molar-refractivity contribution in [1.82, 2.24) is 9.29 Å². The summed E-state index contributed by atoms with van der Waals surface area (Å²) in [6.07, 6.45) is 7.06. The molecular formula is C12H20N2O3S. The lowest BCUT2D eigenvalue weighted by molar-refractivity contribution is 0.164. The highest BCUT2D eigenvalue weighted by Crippen LogP contribution is 2.25. The van der Waals surface area contributed by atoms with Crippen LogP contribution in [0.5, 0.6) is 0 Å². The second-order valence-corrected chi connectivity index (χ2v) is 6.68. The molecule has 1 heterocycles. The normalized spacial score (nSPS) is 25.2. The predicted octanol–water partition coefficient (Wildman–Crippen LogP) is 0.854. The second kappa shape index (κ2) is 5.42. The van der Waals surface area contributed by atoms with E-state index in [0.29, 0.717) is 0 Å². The minimum absolute atomic E-state index is 0.0391. The Labute approximate surface area is 108 Å². The molecule has 18 heavy (non-hydrogen) atoms. The molecule has 0 aromatic carbocycles. The Kier molecular flexibility index (Phi) is 4.09. The Morgan fingerprint density at radius 3 is 2.78 bits per heavy atom. The number of nitrogens with zero attached hydrogens (tertiary/aromatic N) is 1. The molecule has 1 aromatic heterocycles. The van der Waals surface area contributed by atoms with Gasteiger partial charge in [-0.05, 0) is 24.8 Å². The van der Waals surface area contributed by atoms with Crippen molar-refractivity contribution in [1.29, 1.82) is 0 Å². The van der Waals surface area contributed by atoms with E-state index in [4.69, 9.17) is 0 Å². The SMILES string of the molecule is Cn1ccc(S(=O)(=O)NC2CCCCC2CO)c1. The van der Waals surface area contributed by atoms with Crippen LogP contribution in [0.2, 0.25) is 0 Å². The van der Waals surface area contributed by atoms with Crippen molar-refractivity contribution < 1.29 is 13.5 Å². The number of aliphatic hydroxyl groups is 1. The van der Waals surface area contributed by atoms with Crippen LogP contribution in [0.15, 0.2) is 23.4 Å². The van der Waals surface area contributed by atoms with E-state index < -0.39 is 10.0 Å². The third-order valence-electron chi connectivity index (χ3n) is 3.57. The zero-order valence-electron chi connectivity index (χ0n) is 10.5. The molecule has 0 radical (unpaired) electrons. The molecular weight excluding hydrogens is 252 g/mol. The average molecular weight is 272 g/mol. The van der Waals surface area contributed by atoms with E-state index in [1.807, 2.05) is 0 Å². The van der Waals surface area contributed by atoms with Crippen LogP contribution in [-0.2, 0) is 17.1 Å². The van der Waals surface area contributed by atoms with Crippen LogP contribution >= 0.6 is 0 Å². The van der Waals surface area contributed by atoms with E-state index in [1.165, 1.54) is 0 Å². The summed E-state index contributed by atoms with van der Waals surface area (Å²) in [5, 5.41) is 9.29. The van der Waals surface area contributed by atoms with Gasteiger partial charge in [0.05, 0.1) is 4.90 Å². The highest BCUT2D eigenvalue weighted by atomic mass is 32.2. The summed E-state index contributed by atoms with van der Waals surface area (Å²) in [7, 11) is -1.68. The minimum atomic E-state index is -3.46. The molecule has 0 saturated heterocycles. The van der Waals surface area contributed by atoms with Gasteiger partial charge in [0.2, 0.25) is 10.0 Å². The fraction of sp³-hybridized carbons (Fsp3) is 0.667. The molecule has 0 spiro atoms. The molecule has 1 saturated carbocycles. The number of aryl methyl sites for hydroxylation is 1. The molecule has 1 aromatic rings. The van der Waals surface area contributed by atoms with Crippen LogP contribution in [0.25, 0.3) is 0 Å². The summed E-state index contributed by atoms with van der Waals surface area (Å²) in [5.74, 6) is 0.0391. The Morgan fingerprint density at radius 2 is 2.17 bits per heavy atom. The van der Waals surface area contributed by atoms with Crippen LogP contribution in [0, 0.1) is 5.92 Å². The van der Waals surface area contributed by atoms with Crippen molar-refractivity contribution in [3.63, 3.8) is 0 Å². The largest absolute Gasteiger partial charge is 0.396 e. The molecule has 0 amide bonds. The summed E-state index contributed by atoms with van der Waals surface area (Å²) in [6.45, 7) is 0.0436. The average Bonchev–Trinajstić information content (AvgIpc) is 2.77. The maximum absolute atomic E-state index is 12.2. The fourth-order valence-electron chi connectivity index (χ4n) is 2.49. The molecule has 1 fully saturated rings. The van der Waals surface area contributed by atoms with Gasteiger partial charge in [0.25, 0.3) is 0 Å². The predicted molar refractivity (Wildman–Crippen MR) is 68.6 cm³/mol. The van der Waals surface area contributed by atoms with Gasteiger partial charge in [0, 0.05) is 32.1 Å². The maximum atomic E-state index is 12.2. The molecule has 0 aliphatic heterocycles. The Hall–Kier alpha value is -0.850. The van der Waals surface area contributed by atoms with Gasteiger partial charge >= 0.3 is 0 Å². The number of rotatable bonds is 4. The summed E-state index contributed by atoms with van der Waals surface area (Å²) in [6, 6.07) is 1.44. The molecule has 5 nitrogen and oxygen atoms in total. The van der Waals surface area contributed by atoms with Crippen molar-refractivity contribution in [3.05, 3.63) is 18.5 Å². The molecule has 2 rings (SSSR count). The van der Waals surface area contributed by atoms with Crippen molar-refractivity contribution in [2.75, 3.05) is 6.61 Å². The number of hydrogen-bond acceptors (Lipinski definition) is 3. The molecule has 2 unspecified atom stereocenters. The highest BCUT2D eigenvalue weighted by Gasteiger charge is 2.29. The quantitative estimate of drug-likeness (QED) is 0.854. The van der Waals surface area contributed by atoms with Gasteiger partial charge in [-0.3, -0.25) is 0 Å². The van der Waals surface area contributed by atoms with Crippen LogP contribution in [0.3, 0.4) is 0 Å². The van der Waals surface area contributed by atoms with E-state index in [9.17, 15) is 13.5 Å². The van der Waals surface area contributed by atoms with Gasteiger partial charge in [0.15, 0.2) is 0 Å². The minimum Gasteiger partial charge on any atom is -0.396 e. The lowest BCUT2D eigenvalue weighted by Crippen LogP contribution is -2.43. The fourth-order valence-corrected chi connectivity index (χ4v) is 3.88. The Morgan fingerprint density at radius 1 is 1.44 bits per heavy atom. The lowest BCUT2D eigenvalue weighted by Gasteiger charge is -2.30. The van der Waals surface area contributed by atoms with Crippen molar-refractivity contribution in [3.8, 4) is 0 Å². The Balaban J connectivity index is 2.12. The lowest BCUT2D eigenvalue weighted by atomic mass is 9.86. The number of sulfonamides is 1. The van der Waals surface area contributed by atoms with E-state index in [1.54, 1.807) is 30.1 Å². The molecule has 6 heteroatoms. The van der Waals surface area contributed by atoms with Crippen molar-refractivity contribution >= 4 is 10.0 Å². The first kappa shape index (κ1) is 13.6. The first-order valence-electron chi connectivity index (χ1n) is 6.28. The van der Waals surface area contributed by atoms with E-state index >= 15 is 0 Å². The monoisotopic (exact) mass is 272 g/mol. The van der Waals surface area contributed by atoms with Crippen LogP contribution in [-0.4, -0.2) is 30.7 Å². The van der Waals surface area contributed by atoms with Gasteiger partial charge in [-0.25, -0.2) is 13.1 Å². The van der Waals surface area contributed by atoms with Crippen LogP contribution < -0.4 is 4.72 Å². The molecule has 2 atom stereocenters. The Bertz CT molecular complexity index is 495. The van der Waals surface area contributed by atoms with Gasteiger partial charge in [-0.15, -0.1) is 0 Å². The van der Waals surface area contributed by atoms with Crippen LogP contribution in [0.1, 0.15) is 25.7 Å². The molecule has 0 bridgehead atoms. The van der Waals surface area contributed by atoms with Gasteiger partial charge < -0.3 is 9.67 Å². The number of aliphatic hydroxyl groups excluding tert-OH is 1. The third kappa shape index (κ3) is 2.93. The summed E-state index contributed by atoms with van der Waals surface area (Å²) >= 11 is 0. The standard InChI is InChI=1S/C12H20N2O3S/c1-14-7-6-11(8-14)18(16,17)13-12-5-3-2-4-10(12)9-15/h6-8,10,12-13,15H,2-5,9H2,1H3. The van der Waals surface area contributed by atoms with Gasteiger partial charge in [0.1, 0.15) is 0 Å². The molecule has 1 aliphatic rings. The first-order chi connectivity index (χ1) is 8.53. The van der Waals surface area contributed by atoms with E-state index in [2.05, 4.69) is 4.72 Å². The van der Waals surface area contributed by atoms with Crippen molar-refractivity contribution in [2.24, 2.45) is 13.0 Å². The van der Waals surface area contributed by atoms with Gasteiger partial charge in [-0.2, -0.15) is 0 Å². The number of aromatic nitrogens is 1. The van der Waals surface area contributed by atoms with Crippen molar-refractivity contribution in [2.45, 2.75) is 36.6 Å². The van der Waals surface area contributed by atoms with E-state index in [-0.39, 0.29) is 23.5 Å². The molecule has 1 aliphatic carbocycles. The smallest absolute Gasteiger partial charge is 0.242 e. The summed E-state index contributed by atoms with van der Waals surface area (Å²) < 4.78 is 28.8. The second-order valence-electron chi connectivity index (χ2n) is 4.97. The third-order valence-corrected chi connectivity index (χ3v) is 5.04. The van der Waals surface area contributed by atoms with Crippen LogP contribution in [0.4, 0.5) is 0 Å². The number of hydrogen-bond donors (Lipinski definition) is 2. The summed E-state index contributed by atoms with van der Waals surface area (Å²) in [4.78, 5) is 0.285. The summed E-state index contributed by atoms with van der Waals surface area (Å²) in [5.41, 5.74) is 0. The highest BCUT2D eigenvalue weighted by molar-refractivity contribution is 7.89. The zero-order valence-corrected chi connectivity index (χ0v) is 11.4. The van der Waals surface area contributed by atoms with Gasteiger partial charge in [-0.1, -0.05) is 12.8 Å². The maximum Gasteiger partial charge on any atom is 0.242 e. The topological polar surface area (TPSA) is 71.3 Å². The molecule has 102 valence electrons. The van der Waals surface area contributed by atoms with E-state index in [0.717, 1.165) is 25.7 Å². The number of nitrogens with one attached hydrogen (secondary N) is 1. The zero-order chi connectivity index (χ0) is 13.2. The molecule has 2 N–H and O–H groups in total.